The average molecular weight is 241 g/mol. The maximum absolute atomic E-state index is 12.7. The molecule has 1 aromatic rings. The predicted molar refractivity (Wildman–Crippen MR) is 62.6 cm³/mol. The van der Waals surface area contributed by atoms with Crippen molar-refractivity contribution in [3.05, 3.63) is 16.6 Å². The zero-order valence-corrected chi connectivity index (χ0v) is 9.68. The lowest BCUT2D eigenvalue weighted by Gasteiger charge is -2.10. The third-order valence-electron chi connectivity index (χ3n) is 2.38. The third-order valence-corrected chi connectivity index (χ3v) is 3.10. The SMILES string of the molecule is CN1CCC/C1=N/C(=O)Nc1csc(F)c1. The molecule has 1 aliphatic heterocycles. The van der Waals surface area contributed by atoms with E-state index in [1.165, 1.54) is 6.07 Å². The summed E-state index contributed by atoms with van der Waals surface area (Å²) in [5.74, 6) is 0.785. The Balaban J connectivity index is 1.98. The van der Waals surface area contributed by atoms with E-state index in [2.05, 4.69) is 10.3 Å². The molecule has 0 atom stereocenters. The molecule has 0 radical (unpaired) electrons. The number of amides is 2. The minimum Gasteiger partial charge on any atom is -0.363 e. The van der Waals surface area contributed by atoms with E-state index in [9.17, 15) is 9.18 Å². The van der Waals surface area contributed by atoms with Crippen LogP contribution in [-0.4, -0.2) is 30.4 Å². The van der Waals surface area contributed by atoms with Gasteiger partial charge in [-0.1, -0.05) is 0 Å². The number of hydrogen-bond donors (Lipinski definition) is 1. The molecule has 0 aromatic carbocycles. The van der Waals surface area contributed by atoms with Gasteiger partial charge in [-0.15, -0.1) is 11.3 Å². The Bertz CT molecular complexity index is 429. The van der Waals surface area contributed by atoms with E-state index in [0.29, 0.717) is 5.69 Å². The highest BCUT2D eigenvalue weighted by atomic mass is 32.1. The van der Waals surface area contributed by atoms with Gasteiger partial charge in [0.05, 0.1) is 5.69 Å². The maximum Gasteiger partial charge on any atom is 0.347 e. The molecular formula is C10H12FN3OS. The zero-order chi connectivity index (χ0) is 11.5. The van der Waals surface area contributed by atoms with E-state index in [1.54, 1.807) is 5.38 Å². The third kappa shape index (κ3) is 2.57. The van der Waals surface area contributed by atoms with Gasteiger partial charge in [-0.2, -0.15) is 9.38 Å². The predicted octanol–water partition coefficient (Wildman–Crippen LogP) is 2.54. The van der Waals surface area contributed by atoms with E-state index in [0.717, 1.165) is 36.6 Å². The van der Waals surface area contributed by atoms with Gasteiger partial charge in [0.25, 0.3) is 0 Å². The Kier molecular flexibility index (Phi) is 3.19. The minimum absolute atomic E-state index is 0.319. The van der Waals surface area contributed by atoms with Crippen LogP contribution in [0.5, 0.6) is 0 Å². The van der Waals surface area contributed by atoms with Crippen LogP contribution >= 0.6 is 11.3 Å². The molecule has 6 heteroatoms. The van der Waals surface area contributed by atoms with Gasteiger partial charge in [0.1, 0.15) is 5.84 Å². The summed E-state index contributed by atoms with van der Waals surface area (Å²) in [6.45, 7) is 0.930. The lowest BCUT2D eigenvalue weighted by Crippen LogP contribution is -2.21. The molecule has 4 nitrogen and oxygen atoms in total. The van der Waals surface area contributed by atoms with Crippen molar-refractivity contribution in [2.75, 3.05) is 18.9 Å². The van der Waals surface area contributed by atoms with E-state index in [1.807, 2.05) is 11.9 Å². The smallest absolute Gasteiger partial charge is 0.347 e. The van der Waals surface area contributed by atoms with Gasteiger partial charge in [0, 0.05) is 31.5 Å². The molecule has 2 amide bonds. The van der Waals surface area contributed by atoms with Crippen molar-refractivity contribution in [2.45, 2.75) is 12.8 Å². The molecule has 0 saturated carbocycles. The van der Waals surface area contributed by atoms with E-state index >= 15 is 0 Å². The number of nitrogens with zero attached hydrogens (tertiary/aromatic N) is 2. The first-order valence-corrected chi connectivity index (χ1v) is 5.87. The Morgan fingerprint density at radius 2 is 2.50 bits per heavy atom. The molecular weight excluding hydrogens is 229 g/mol. The van der Waals surface area contributed by atoms with Gasteiger partial charge in [-0.3, -0.25) is 0 Å². The second kappa shape index (κ2) is 4.61. The first-order chi connectivity index (χ1) is 7.65. The lowest BCUT2D eigenvalue weighted by molar-refractivity contribution is 0.259. The second-order valence-electron chi connectivity index (χ2n) is 3.62. The van der Waals surface area contributed by atoms with Gasteiger partial charge in [0.2, 0.25) is 0 Å². The molecule has 2 rings (SSSR count). The molecule has 1 fully saturated rings. The second-order valence-corrected chi connectivity index (χ2v) is 4.48. The molecule has 1 aromatic heterocycles. The summed E-state index contributed by atoms with van der Waals surface area (Å²) in [6, 6.07) is 0.836. The van der Waals surface area contributed by atoms with E-state index < -0.39 is 6.03 Å². The van der Waals surface area contributed by atoms with Crippen LogP contribution in [0, 0.1) is 5.13 Å². The summed E-state index contributed by atoms with van der Waals surface area (Å²) < 4.78 is 12.7. The molecule has 0 bridgehead atoms. The molecule has 2 heterocycles. The standard InChI is InChI=1S/C10H12FN3OS/c1-14-4-2-3-9(14)13-10(15)12-7-5-8(11)16-6-7/h5-6H,2-4H2,1H3,(H,12,15)/b13-9-. The van der Waals surface area contributed by atoms with Crippen molar-refractivity contribution in [1.29, 1.82) is 0 Å². The van der Waals surface area contributed by atoms with Crippen molar-refractivity contribution in [3.63, 3.8) is 0 Å². The Morgan fingerprint density at radius 1 is 1.69 bits per heavy atom. The normalized spacial score (nSPS) is 18.1. The Hall–Kier alpha value is -1.43. The van der Waals surface area contributed by atoms with Crippen LogP contribution in [0.3, 0.4) is 0 Å². The van der Waals surface area contributed by atoms with Crippen molar-refractivity contribution < 1.29 is 9.18 Å². The fourth-order valence-electron chi connectivity index (χ4n) is 1.58. The first-order valence-electron chi connectivity index (χ1n) is 4.99. The molecule has 0 unspecified atom stereocenters. The fourth-order valence-corrected chi connectivity index (χ4v) is 2.14. The van der Waals surface area contributed by atoms with Crippen LogP contribution in [0.1, 0.15) is 12.8 Å². The number of urea groups is 1. The van der Waals surface area contributed by atoms with Crippen LogP contribution in [0.25, 0.3) is 0 Å². The summed E-state index contributed by atoms with van der Waals surface area (Å²) in [4.78, 5) is 17.4. The van der Waals surface area contributed by atoms with Gasteiger partial charge < -0.3 is 10.2 Å². The van der Waals surface area contributed by atoms with Crippen LogP contribution < -0.4 is 5.32 Å². The molecule has 86 valence electrons. The average Bonchev–Trinajstić information content (AvgIpc) is 2.77. The summed E-state index contributed by atoms with van der Waals surface area (Å²) in [7, 11) is 1.91. The summed E-state index contributed by atoms with van der Waals surface area (Å²) >= 11 is 0.949. The highest BCUT2D eigenvalue weighted by Gasteiger charge is 2.15. The molecule has 1 saturated heterocycles. The Labute approximate surface area is 96.8 Å². The molecule has 16 heavy (non-hydrogen) atoms. The number of anilines is 1. The van der Waals surface area contributed by atoms with E-state index in [-0.39, 0.29) is 5.13 Å². The van der Waals surface area contributed by atoms with Crippen molar-refractivity contribution in [1.82, 2.24) is 4.90 Å². The molecule has 1 N–H and O–H groups in total. The Morgan fingerprint density at radius 3 is 3.06 bits per heavy atom. The molecule has 1 aliphatic rings. The van der Waals surface area contributed by atoms with Crippen LogP contribution in [0.4, 0.5) is 14.9 Å². The quantitative estimate of drug-likeness (QED) is 0.821. The molecule has 0 aliphatic carbocycles. The summed E-state index contributed by atoms with van der Waals surface area (Å²) in [5.41, 5.74) is 0.456. The number of likely N-dealkylation sites (tertiary alicyclic amines) is 1. The number of hydrogen-bond acceptors (Lipinski definition) is 2. The topological polar surface area (TPSA) is 44.7 Å². The minimum atomic E-state index is -0.443. The number of aliphatic imine (C=N–C) groups is 1. The number of rotatable bonds is 1. The van der Waals surface area contributed by atoms with Gasteiger partial charge in [0.15, 0.2) is 5.13 Å². The number of thiophene rings is 1. The van der Waals surface area contributed by atoms with Crippen LogP contribution in [0.15, 0.2) is 16.4 Å². The van der Waals surface area contributed by atoms with E-state index in [4.69, 9.17) is 0 Å². The number of carbonyl (C=O) groups is 1. The van der Waals surface area contributed by atoms with Gasteiger partial charge in [-0.25, -0.2) is 4.79 Å². The largest absolute Gasteiger partial charge is 0.363 e. The maximum atomic E-state index is 12.7. The van der Waals surface area contributed by atoms with Gasteiger partial charge >= 0.3 is 6.03 Å². The van der Waals surface area contributed by atoms with Crippen LogP contribution in [-0.2, 0) is 0 Å². The highest BCUT2D eigenvalue weighted by molar-refractivity contribution is 7.08. The van der Waals surface area contributed by atoms with Crippen molar-refractivity contribution >= 4 is 28.9 Å². The highest BCUT2D eigenvalue weighted by Crippen LogP contribution is 2.17. The zero-order valence-electron chi connectivity index (χ0n) is 8.86. The fraction of sp³-hybridized carbons (Fsp3) is 0.400. The number of amidine groups is 1. The summed E-state index contributed by atoms with van der Waals surface area (Å²) in [5, 5.41) is 3.76. The number of carbonyl (C=O) groups excluding carboxylic acids is 1. The van der Waals surface area contributed by atoms with Gasteiger partial charge in [-0.05, 0) is 6.42 Å². The lowest BCUT2D eigenvalue weighted by atomic mass is 10.4. The monoisotopic (exact) mass is 241 g/mol. The van der Waals surface area contributed by atoms with Crippen molar-refractivity contribution in [3.8, 4) is 0 Å². The number of halogens is 1. The molecule has 0 spiro atoms. The first kappa shape index (κ1) is 11.1. The summed E-state index contributed by atoms with van der Waals surface area (Å²) in [6.07, 6.45) is 1.84. The van der Waals surface area contributed by atoms with Crippen molar-refractivity contribution in [2.24, 2.45) is 4.99 Å². The number of nitrogens with one attached hydrogen (secondary N) is 1. The van der Waals surface area contributed by atoms with Crippen LogP contribution in [0.2, 0.25) is 0 Å².